The standard InChI is InChI=1S/C18H24N2/c1-11-7-13(3)17(19)15(9-11)5-6-16-10-12(2)8-14(4)18(16)20/h7-10H,5-6,19-20H2,1-4H3. The summed E-state index contributed by atoms with van der Waals surface area (Å²) in [7, 11) is 0. The van der Waals surface area contributed by atoms with E-state index in [2.05, 4.69) is 52.0 Å². The van der Waals surface area contributed by atoms with Gasteiger partial charge in [-0.05, 0) is 62.8 Å². The van der Waals surface area contributed by atoms with Gasteiger partial charge in [-0.15, -0.1) is 0 Å². The molecular weight excluding hydrogens is 244 g/mol. The minimum Gasteiger partial charge on any atom is -0.398 e. The summed E-state index contributed by atoms with van der Waals surface area (Å²) in [5, 5.41) is 0. The van der Waals surface area contributed by atoms with Crippen molar-refractivity contribution in [3.05, 3.63) is 57.6 Å². The van der Waals surface area contributed by atoms with Crippen LogP contribution in [-0.2, 0) is 12.8 Å². The number of nitrogen functional groups attached to an aromatic ring is 2. The summed E-state index contributed by atoms with van der Waals surface area (Å²) in [6, 6.07) is 8.62. The molecule has 0 atom stereocenters. The molecule has 0 aliphatic heterocycles. The van der Waals surface area contributed by atoms with Crippen molar-refractivity contribution in [3.63, 3.8) is 0 Å². The number of hydrogen-bond donors (Lipinski definition) is 2. The van der Waals surface area contributed by atoms with E-state index in [1.165, 1.54) is 22.3 Å². The van der Waals surface area contributed by atoms with Crippen LogP contribution in [0.5, 0.6) is 0 Å². The maximum absolute atomic E-state index is 6.18. The molecule has 2 aromatic carbocycles. The lowest BCUT2D eigenvalue weighted by atomic mass is 9.96. The monoisotopic (exact) mass is 268 g/mol. The number of hydrogen-bond acceptors (Lipinski definition) is 2. The molecule has 0 saturated heterocycles. The molecule has 2 rings (SSSR count). The number of anilines is 2. The fourth-order valence-corrected chi connectivity index (χ4v) is 2.82. The molecule has 4 N–H and O–H groups in total. The van der Waals surface area contributed by atoms with Gasteiger partial charge in [0.05, 0.1) is 0 Å². The molecule has 2 nitrogen and oxygen atoms in total. The molecule has 0 bridgehead atoms. The number of nitrogens with two attached hydrogens (primary N) is 2. The zero-order valence-electron chi connectivity index (χ0n) is 12.9. The molecule has 20 heavy (non-hydrogen) atoms. The van der Waals surface area contributed by atoms with Gasteiger partial charge in [0, 0.05) is 11.4 Å². The van der Waals surface area contributed by atoms with Crippen LogP contribution >= 0.6 is 0 Å². The van der Waals surface area contributed by atoms with Crippen molar-refractivity contribution < 1.29 is 0 Å². The topological polar surface area (TPSA) is 52.0 Å². The van der Waals surface area contributed by atoms with Gasteiger partial charge in [-0.3, -0.25) is 0 Å². The second kappa shape index (κ2) is 5.58. The van der Waals surface area contributed by atoms with Crippen molar-refractivity contribution in [2.45, 2.75) is 40.5 Å². The average Bonchev–Trinajstić information content (AvgIpc) is 2.37. The molecule has 0 amide bonds. The minimum atomic E-state index is 0.915. The van der Waals surface area contributed by atoms with Crippen LogP contribution in [0.3, 0.4) is 0 Å². The first-order chi connectivity index (χ1) is 9.38. The van der Waals surface area contributed by atoms with Crippen molar-refractivity contribution in [1.82, 2.24) is 0 Å². The first-order valence-corrected chi connectivity index (χ1v) is 7.09. The van der Waals surface area contributed by atoms with E-state index in [9.17, 15) is 0 Å². The maximum Gasteiger partial charge on any atom is 0.0376 e. The summed E-state index contributed by atoms with van der Waals surface area (Å²) in [5.74, 6) is 0. The van der Waals surface area contributed by atoms with Gasteiger partial charge in [0.25, 0.3) is 0 Å². The highest BCUT2D eigenvalue weighted by atomic mass is 14.6. The molecule has 106 valence electrons. The second-order valence-corrected chi connectivity index (χ2v) is 5.81. The van der Waals surface area contributed by atoms with Gasteiger partial charge in [0.1, 0.15) is 0 Å². The van der Waals surface area contributed by atoms with Crippen LogP contribution in [0.25, 0.3) is 0 Å². The molecule has 0 aliphatic carbocycles. The molecule has 2 aromatic rings. The van der Waals surface area contributed by atoms with Gasteiger partial charge in [0.15, 0.2) is 0 Å². The van der Waals surface area contributed by atoms with E-state index < -0.39 is 0 Å². The van der Waals surface area contributed by atoms with E-state index in [-0.39, 0.29) is 0 Å². The van der Waals surface area contributed by atoms with E-state index in [0.29, 0.717) is 0 Å². The summed E-state index contributed by atoms with van der Waals surface area (Å²) >= 11 is 0. The molecule has 0 aliphatic rings. The molecular formula is C18H24N2. The Balaban J connectivity index is 2.26. The van der Waals surface area contributed by atoms with Crippen molar-refractivity contribution in [1.29, 1.82) is 0 Å². The lowest BCUT2D eigenvalue weighted by molar-refractivity contribution is 0.957. The van der Waals surface area contributed by atoms with E-state index in [1.54, 1.807) is 0 Å². The van der Waals surface area contributed by atoms with Crippen molar-refractivity contribution in [2.24, 2.45) is 0 Å². The third-order valence-electron chi connectivity index (χ3n) is 3.90. The molecule has 0 heterocycles. The molecule has 0 fully saturated rings. The minimum absolute atomic E-state index is 0.915. The Labute approximate surface area is 121 Å². The lowest BCUT2D eigenvalue weighted by Crippen LogP contribution is -2.03. The first kappa shape index (κ1) is 14.4. The molecule has 0 unspecified atom stereocenters. The fourth-order valence-electron chi connectivity index (χ4n) is 2.82. The quantitative estimate of drug-likeness (QED) is 0.830. The number of rotatable bonds is 3. The summed E-state index contributed by atoms with van der Waals surface area (Å²) in [6.45, 7) is 8.36. The van der Waals surface area contributed by atoms with Crippen LogP contribution in [-0.4, -0.2) is 0 Å². The van der Waals surface area contributed by atoms with Gasteiger partial charge in [-0.1, -0.05) is 35.4 Å². The Kier molecular flexibility index (Phi) is 4.03. The van der Waals surface area contributed by atoms with Crippen molar-refractivity contribution >= 4 is 11.4 Å². The smallest absolute Gasteiger partial charge is 0.0376 e. The Morgan fingerprint density at radius 1 is 0.650 bits per heavy atom. The Morgan fingerprint density at radius 3 is 1.35 bits per heavy atom. The molecule has 2 heteroatoms. The first-order valence-electron chi connectivity index (χ1n) is 7.09. The largest absolute Gasteiger partial charge is 0.398 e. The fraction of sp³-hybridized carbons (Fsp3) is 0.333. The van der Waals surface area contributed by atoms with Gasteiger partial charge >= 0.3 is 0 Å². The molecule has 0 spiro atoms. The van der Waals surface area contributed by atoms with Gasteiger partial charge < -0.3 is 11.5 Å². The zero-order valence-corrected chi connectivity index (χ0v) is 12.9. The molecule has 0 aromatic heterocycles. The Morgan fingerprint density at radius 2 is 1.00 bits per heavy atom. The summed E-state index contributed by atoms with van der Waals surface area (Å²) in [5.41, 5.74) is 21.5. The van der Waals surface area contributed by atoms with E-state index in [4.69, 9.17) is 11.5 Å². The zero-order chi connectivity index (χ0) is 14.9. The maximum atomic E-state index is 6.18. The van der Waals surface area contributed by atoms with E-state index >= 15 is 0 Å². The third kappa shape index (κ3) is 2.96. The van der Waals surface area contributed by atoms with Crippen LogP contribution in [0, 0.1) is 27.7 Å². The lowest BCUT2D eigenvalue weighted by Gasteiger charge is -2.13. The van der Waals surface area contributed by atoms with Crippen molar-refractivity contribution in [2.75, 3.05) is 11.5 Å². The van der Waals surface area contributed by atoms with E-state index in [1.807, 2.05) is 0 Å². The van der Waals surface area contributed by atoms with E-state index in [0.717, 1.165) is 35.3 Å². The van der Waals surface area contributed by atoms with Crippen LogP contribution in [0.4, 0.5) is 11.4 Å². The summed E-state index contributed by atoms with van der Waals surface area (Å²) in [4.78, 5) is 0. The average molecular weight is 268 g/mol. The Hall–Kier alpha value is -1.96. The summed E-state index contributed by atoms with van der Waals surface area (Å²) < 4.78 is 0. The second-order valence-electron chi connectivity index (χ2n) is 5.81. The highest BCUT2D eigenvalue weighted by molar-refractivity contribution is 5.57. The van der Waals surface area contributed by atoms with Gasteiger partial charge in [0.2, 0.25) is 0 Å². The molecule has 0 saturated carbocycles. The number of aryl methyl sites for hydroxylation is 6. The van der Waals surface area contributed by atoms with Crippen LogP contribution in [0.15, 0.2) is 24.3 Å². The van der Waals surface area contributed by atoms with Crippen molar-refractivity contribution in [3.8, 4) is 0 Å². The normalized spacial score (nSPS) is 10.8. The summed E-state index contributed by atoms with van der Waals surface area (Å²) in [6.07, 6.45) is 1.86. The molecule has 0 radical (unpaired) electrons. The highest BCUT2D eigenvalue weighted by Gasteiger charge is 2.07. The SMILES string of the molecule is Cc1cc(C)c(N)c(CCc2cc(C)cc(C)c2N)c1. The predicted octanol–water partition coefficient (Wildman–Crippen LogP) is 3.87. The van der Waals surface area contributed by atoms with Crippen LogP contribution in [0.1, 0.15) is 33.4 Å². The van der Waals surface area contributed by atoms with Crippen LogP contribution < -0.4 is 11.5 Å². The third-order valence-corrected chi connectivity index (χ3v) is 3.90. The highest BCUT2D eigenvalue weighted by Crippen LogP contribution is 2.24. The van der Waals surface area contributed by atoms with Gasteiger partial charge in [-0.25, -0.2) is 0 Å². The van der Waals surface area contributed by atoms with Gasteiger partial charge in [-0.2, -0.15) is 0 Å². The predicted molar refractivity (Wildman–Crippen MR) is 88.1 cm³/mol. The Bertz CT molecular complexity index is 585. The number of benzene rings is 2. The van der Waals surface area contributed by atoms with Crippen LogP contribution in [0.2, 0.25) is 0 Å².